The van der Waals surface area contributed by atoms with Crippen molar-refractivity contribution in [3.8, 4) is 0 Å². The molecule has 17 heavy (non-hydrogen) atoms. The van der Waals surface area contributed by atoms with Crippen molar-refractivity contribution in [2.45, 2.75) is 6.92 Å². The zero-order valence-electron chi connectivity index (χ0n) is 10.1. The fourth-order valence-corrected chi connectivity index (χ4v) is 1.57. The van der Waals surface area contributed by atoms with Crippen LogP contribution in [0.4, 0.5) is 0 Å². The molecule has 0 fully saturated rings. The molecule has 0 saturated carbocycles. The first kappa shape index (κ1) is 11.4. The lowest BCUT2D eigenvalue weighted by molar-refractivity contribution is -0.130. The van der Waals surface area contributed by atoms with Crippen molar-refractivity contribution in [3.05, 3.63) is 47.3 Å². The second-order valence-electron chi connectivity index (χ2n) is 4.10. The molecule has 0 atom stereocenters. The number of esters is 1. The minimum absolute atomic E-state index is 0.327. The number of cyclic esters (lactones) is 1. The summed E-state index contributed by atoms with van der Waals surface area (Å²) in [5.74, 6) is -0.0295. The molecule has 0 radical (unpaired) electrons. The predicted octanol–water partition coefficient (Wildman–Crippen LogP) is 1.70. The Hall–Kier alpha value is -2.10. The van der Waals surface area contributed by atoms with Crippen molar-refractivity contribution >= 4 is 11.9 Å². The summed E-state index contributed by atoms with van der Waals surface area (Å²) < 4.78 is 5.16. The van der Waals surface area contributed by atoms with Gasteiger partial charge in [-0.2, -0.15) is 0 Å². The van der Waals surface area contributed by atoms with Gasteiger partial charge in [0.2, 0.25) is 5.90 Å². The third-order valence-electron chi connectivity index (χ3n) is 2.38. The van der Waals surface area contributed by atoms with Crippen LogP contribution in [0.15, 0.2) is 41.2 Å². The molecule has 0 unspecified atom stereocenters. The maximum atomic E-state index is 11.6. The molecule has 0 saturated heterocycles. The van der Waals surface area contributed by atoms with Crippen LogP contribution in [0.25, 0.3) is 0 Å². The summed E-state index contributed by atoms with van der Waals surface area (Å²) in [6.45, 7) is 1.96. The van der Waals surface area contributed by atoms with Crippen LogP contribution in [0.1, 0.15) is 11.1 Å². The van der Waals surface area contributed by atoms with Crippen molar-refractivity contribution in [2.75, 3.05) is 14.1 Å². The predicted molar refractivity (Wildman–Crippen MR) is 65.6 cm³/mol. The normalized spacial score (nSPS) is 17.0. The van der Waals surface area contributed by atoms with Crippen molar-refractivity contribution in [1.29, 1.82) is 0 Å². The van der Waals surface area contributed by atoms with E-state index in [1.807, 2.05) is 45.3 Å². The van der Waals surface area contributed by atoms with Gasteiger partial charge in [0.15, 0.2) is 5.70 Å². The number of benzene rings is 1. The first-order valence-corrected chi connectivity index (χ1v) is 5.33. The maximum absolute atomic E-state index is 11.6. The van der Waals surface area contributed by atoms with Gasteiger partial charge in [0.25, 0.3) is 0 Å². The smallest absolute Gasteiger partial charge is 0.365 e. The van der Waals surface area contributed by atoms with Crippen LogP contribution in [0.2, 0.25) is 0 Å². The number of carbonyl (C=O) groups is 1. The van der Waals surface area contributed by atoms with Gasteiger partial charge in [-0.3, -0.25) is 0 Å². The Morgan fingerprint density at radius 2 is 2.00 bits per heavy atom. The van der Waals surface area contributed by atoms with E-state index in [0.717, 1.165) is 11.1 Å². The first-order valence-electron chi connectivity index (χ1n) is 5.33. The molecule has 0 bridgehead atoms. The fraction of sp³-hybridized carbons (Fsp3) is 0.231. The third kappa shape index (κ3) is 2.36. The summed E-state index contributed by atoms with van der Waals surface area (Å²) in [6.07, 6.45) is 1.65. The molecule has 1 heterocycles. The van der Waals surface area contributed by atoms with E-state index in [2.05, 4.69) is 4.99 Å². The molecule has 4 nitrogen and oxygen atoms in total. The van der Waals surface area contributed by atoms with Crippen molar-refractivity contribution in [2.24, 2.45) is 4.99 Å². The van der Waals surface area contributed by atoms with E-state index < -0.39 is 5.97 Å². The van der Waals surface area contributed by atoms with Gasteiger partial charge in [0, 0.05) is 25.9 Å². The van der Waals surface area contributed by atoms with Crippen molar-refractivity contribution < 1.29 is 9.53 Å². The monoisotopic (exact) mass is 230 g/mol. The number of aryl methyl sites for hydroxylation is 1. The Balaban J connectivity index is 2.37. The van der Waals surface area contributed by atoms with Gasteiger partial charge >= 0.3 is 5.97 Å². The quantitative estimate of drug-likeness (QED) is 0.573. The van der Waals surface area contributed by atoms with Crippen LogP contribution in [0.3, 0.4) is 0 Å². The molecule has 0 aliphatic carbocycles. The van der Waals surface area contributed by atoms with Crippen LogP contribution < -0.4 is 0 Å². The van der Waals surface area contributed by atoms with Crippen molar-refractivity contribution in [1.82, 2.24) is 4.90 Å². The van der Waals surface area contributed by atoms with E-state index in [1.54, 1.807) is 11.1 Å². The van der Waals surface area contributed by atoms with Gasteiger partial charge in [0.1, 0.15) is 0 Å². The Labute approximate surface area is 100 Å². The molecular formula is C13H14N2O2. The molecular weight excluding hydrogens is 216 g/mol. The summed E-state index contributed by atoms with van der Waals surface area (Å²) in [7, 11) is 3.67. The topological polar surface area (TPSA) is 41.9 Å². The SMILES string of the molecule is Cc1ccccc1C1=N/C(=C\N(C)C)C(=O)O1. The van der Waals surface area contributed by atoms with E-state index in [0.29, 0.717) is 11.6 Å². The summed E-state index contributed by atoms with van der Waals surface area (Å²) in [5.41, 5.74) is 2.21. The van der Waals surface area contributed by atoms with E-state index in [4.69, 9.17) is 4.74 Å². The van der Waals surface area contributed by atoms with Crippen LogP contribution in [0, 0.1) is 6.92 Å². The highest BCUT2D eigenvalue weighted by Gasteiger charge is 2.24. The number of carbonyl (C=O) groups excluding carboxylic acids is 1. The Bertz CT molecular complexity index is 516. The highest BCUT2D eigenvalue weighted by Crippen LogP contribution is 2.18. The van der Waals surface area contributed by atoms with Crippen LogP contribution in [-0.4, -0.2) is 30.9 Å². The largest absolute Gasteiger partial charge is 0.402 e. The van der Waals surface area contributed by atoms with Gasteiger partial charge in [-0.05, 0) is 18.6 Å². The van der Waals surface area contributed by atoms with Crippen LogP contribution in [-0.2, 0) is 9.53 Å². The summed E-state index contributed by atoms with van der Waals surface area (Å²) in [4.78, 5) is 17.5. The maximum Gasteiger partial charge on any atom is 0.365 e. The second kappa shape index (κ2) is 4.41. The minimum Gasteiger partial charge on any atom is -0.402 e. The van der Waals surface area contributed by atoms with Gasteiger partial charge in [-0.1, -0.05) is 18.2 Å². The third-order valence-corrected chi connectivity index (χ3v) is 2.38. The molecule has 0 aromatic heterocycles. The molecule has 0 spiro atoms. The second-order valence-corrected chi connectivity index (χ2v) is 4.10. The fourth-order valence-electron chi connectivity index (χ4n) is 1.57. The number of nitrogens with zero attached hydrogens (tertiary/aromatic N) is 2. The number of rotatable bonds is 2. The van der Waals surface area contributed by atoms with Gasteiger partial charge in [0.05, 0.1) is 0 Å². The average molecular weight is 230 g/mol. The lowest BCUT2D eigenvalue weighted by atomic mass is 10.1. The molecule has 1 aromatic carbocycles. The lowest BCUT2D eigenvalue weighted by Crippen LogP contribution is -2.08. The molecule has 1 aliphatic heterocycles. The molecule has 0 N–H and O–H groups in total. The van der Waals surface area contributed by atoms with Gasteiger partial charge < -0.3 is 9.64 Å². The standard InChI is InChI=1S/C13H14N2O2/c1-9-6-4-5-7-10(9)12-14-11(8-15(2)3)13(16)17-12/h4-8H,1-3H3/b11-8-. The van der Waals surface area contributed by atoms with Crippen LogP contribution >= 0.6 is 0 Å². The number of hydrogen-bond acceptors (Lipinski definition) is 4. The molecule has 2 rings (SSSR count). The van der Waals surface area contributed by atoms with E-state index in [9.17, 15) is 4.79 Å². The molecule has 0 amide bonds. The van der Waals surface area contributed by atoms with E-state index in [1.165, 1.54) is 0 Å². The van der Waals surface area contributed by atoms with Gasteiger partial charge in [-0.15, -0.1) is 0 Å². The zero-order valence-corrected chi connectivity index (χ0v) is 10.1. The summed E-state index contributed by atoms with van der Waals surface area (Å²) in [5, 5.41) is 0. The Kier molecular flexibility index (Phi) is 2.95. The Morgan fingerprint density at radius 1 is 1.29 bits per heavy atom. The summed E-state index contributed by atoms with van der Waals surface area (Å²) >= 11 is 0. The molecule has 4 heteroatoms. The molecule has 88 valence electrons. The number of ether oxygens (including phenoxy) is 1. The highest BCUT2D eigenvalue weighted by atomic mass is 16.6. The van der Waals surface area contributed by atoms with E-state index in [-0.39, 0.29) is 0 Å². The lowest BCUT2D eigenvalue weighted by Gasteiger charge is -2.02. The highest BCUT2D eigenvalue weighted by molar-refractivity contribution is 6.11. The molecule has 1 aromatic rings. The summed E-state index contributed by atoms with van der Waals surface area (Å²) in [6, 6.07) is 7.68. The first-order chi connectivity index (χ1) is 8.08. The minimum atomic E-state index is -0.406. The average Bonchev–Trinajstić information content (AvgIpc) is 2.60. The zero-order chi connectivity index (χ0) is 12.4. The van der Waals surface area contributed by atoms with E-state index >= 15 is 0 Å². The Morgan fingerprint density at radius 3 is 2.65 bits per heavy atom. The molecule has 1 aliphatic rings. The number of hydrogen-bond donors (Lipinski definition) is 0. The van der Waals surface area contributed by atoms with Crippen LogP contribution in [0.5, 0.6) is 0 Å². The number of aliphatic imine (C=N–C) groups is 1. The van der Waals surface area contributed by atoms with Gasteiger partial charge in [-0.25, -0.2) is 9.79 Å². The van der Waals surface area contributed by atoms with Crippen molar-refractivity contribution in [3.63, 3.8) is 0 Å².